The molecule has 0 N–H and O–H groups in total. The molecule has 2 saturated heterocycles. The van der Waals surface area contributed by atoms with Gasteiger partial charge in [0.25, 0.3) is 0 Å². The second-order valence-electron chi connectivity index (χ2n) is 14.3. The van der Waals surface area contributed by atoms with Crippen LogP contribution in [0.2, 0.25) is 10.0 Å². The summed E-state index contributed by atoms with van der Waals surface area (Å²) in [7, 11) is 1.72. The summed E-state index contributed by atoms with van der Waals surface area (Å²) in [4.78, 5) is 28.0. The molecule has 45 heavy (non-hydrogen) atoms. The molecular formula is C36H52Cl2N2O5. The van der Waals surface area contributed by atoms with Crippen LogP contribution in [-0.4, -0.2) is 73.1 Å². The summed E-state index contributed by atoms with van der Waals surface area (Å²) in [6, 6.07) is 16.1. The lowest BCUT2D eigenvalue weighted by atomic mass is 9.71. The monoisotopic (exact) mass is 662 g/mol. The number of halogens is 2. The van der Waals surface area contributed by atoms with Gasteiger partial charge in [-0.3, -0.25) is 0 Å². The molecule has 0 unspecified atom stereocenters. The minimum Gasteiger partial charge on any atom is -0.444 e. The van der Waals surface area contributed by atoms with Crippen LogP contribution in [0.3, 0.4) is 0 Å². The van der Waals surface area contributed by atoms with E-state index >= 15 is 0 Å². The Bertz CT molecular complexity index is 1240. The zero-order chi connectivity index (χ0) is 33.5. The number of methoxy groups -OCH3 is 1. The average Bonchev–Trinajstić information content (AvgIpc) is 2.97. The SMILES string of the molecule is CCC1(c2ccc(Cl)cc2)CCN(C(=O)OC(C)(C)C)CC1.COCC1(c2ccc(Cl)cc2)CCN(C(=O)OC(C)(C)C)CC1. The number of rotatable bonds is 5. The highest BCUT2D eigenvalue weighted by Crippen LogP contribution is 2.39. The third-order valence-electron chi connectivity index (χ3n) is 8.76. The van der Waals surface area contributed by atoms with Crippen molar-refractivity contribution >= 4 is 35.4 Å². The molecule has 2 heterocycles. The minimum atomic E-state index is -0.464. The third kappa shape index (κ3) is 10.5. The maximum atomic E-state index is 12.2. The Labute approximate surface area is 280 Å². The van der Waals surface area contributed by atoms with Gasteiger partial charge in [0.2, 0.25) is 0 Å². The van der Waals surface area contributed by atoms with Crippen LogP contribution in [0.1, 0.15) is 91.7 Å². The molecule has 2 amide bonds. The third-order valence-corrected chi connectivity index (χ3v) is 9.26. The van der Waals surface area contributed by atoms with Crippen LogP contribution >= 0.6 is 23.2 Å². The average molecular weight is 664 g/mol. The molecule has 2 aromatic rings. The van der Waals surface area contributed by atoms with E-state index in [0.717, 1.165) is 55.2 Å². The van der Waals surface area contributed by atoms with Gasteiger partial charge in [-0.05, 0) is 114 Å². The summed E-state index contributed by atoms with van der Waals surface area (Å²) in [6.07, 6.45) is 4.25. The standard InChI is InChI=1S/C18H26ClNO3.C18H26ClNO2/c1-17(2,3)23-16(21)20-11-9-18(10-12-20,13-22-4)14-5-7-15(19)8-6-14;1-5-18(14-6-8-15(19)9-7-14)10-12-20(13-11-18)16(21)22-17(2,3)4/h5-8H,9-13H2,1-4H3;6-9H,5,10-13H2,1-4H3. The highest BCUT2D eigenvalue weighted by molar-refractivity contribution is 6.30. The quantitative estimate of drug-likeness (QED) is 0.319. The Morgan fingerprint density at radius 2 is 1.00 bits per heavy atom. The molecule has 0 radical (unpaired) electrons. The highest BCUT2D eigenvalue weighted by Gasteiger charge is 2.39. The second-order valence-corrected chi connectivity index (χ2v) is 15.2. The molecule has 7 nitrogen and oxygen atoms in total. The summed E-state index contributed by atoms with van der Waals surface area (Å²) < 4.78 is 16.4. The number of benzene rings is 2. The van der Waals surface area contributed by atoms with Gasteiger partial charge in [-0.15, -0.1) is 0 Å². The van der Waals surface area contributed by atoms with E-state index in [2.05, 4.69) is 31.2 Å². The van der Waals surface area contributed by atoms with Crippen LogP contribution in [-0.2, 0) is 25.0 Å². The van der Waals surface area contributed by atoms with Gasteiger partial charge in [-0.2, -0.15) is 0 Å². The van der Waals surface area contributed by atoms with Crippen LogP contribution in [0.4, 0.5) is 9.59 Å². The summed E-state index contributed by atoms with van der Waals surface area (Å²) in [5.74, 6) is 0. The van der Waals surface area contributed by atoms with Crippen LogP contribution in [0.25, 0.3) is 0 Å². The van der Waals surface area contributed by atoms with Crippen molar-refractivity contribution < 1.29 is 23.8 Å². The number of hydrogen-bond acceptors (Lipinski definition) is 5. The van der Waals surface area contributed by atoms with E-state index in [1.165, 1.54) is 11.1 Å². The van der Waals surface area contributed by atoms with E-state index in [1.54, 1.807) is 12.0 Å². The molecule has 0 bridgehead atoms. The van der Waals surface area contributed by atoms with E-state index in [4.69, 9.17) is 37.4 Å². The van der Waals surface area contributed by atoms with E-state index < -0.39 is 11.2 Å². The zero-order valence-electron chi connectivity index (χ0n) is 28.4. The van der Waals surface area contributed by atoms with E-state index in [-0.39, 0.29) is 23.0 Å². The van der Waals surface area contributed by atoms with Crippen LogP contribution in [0.5, 0.6) is 0 Å². The molecule has 0 aromatic heterocycles. The lowest BCUT2D eigenvalue weighted by Gasteiger charge is -2.42. The number of likely N-dealkylation sites (tertiary alicyclic amines) is 2. The van der Waals surface area contributed by atoms with Crippen molar-refractivity contribution in [3.05, 3.63) is 69.7 Å². The fourth-order valence-corrected chi connectivity index (χ4v) is 6.39. The summed E-state index contributed by atoms with van der Waals surface area (Å²) in [5, 5.41) is 1.49. The first-order valence-corrected chi connectivity index (χ1v) is 16.7. The summed E-state index contributed by atoms with van der Waals surface area (Å²) in [6.45, 7) is 17.0. The number of nitrogens with zero attached hydrogens (tertiary/aromatic N) is 2. The molecule has 2 aromatic carbocycles. The van der Waals surface area contributed by atoms with Crippen LogP contribution in [0.15, 0.2) is 48.5 Å². The van der Waals surface area contributed by atoms with Crippen molar-refractivity contribution in [2.75, 3.05) is 39.9 Å². The Morgan fingerprint density at radius 3 is 1.31 bits per heavy atom. The van der Waals surface area contributed by atoms with Gasteiger partial charge in [0.1, 0.15) is 11.2 Å². The first-order chi connectivity index (χ1) is 21.0. The van der Waals surface area contributed by atoms with Crippen molar-refractivity contribution in [1.82, 2.24) is 9.80 Å². The number of carbonyl (C=O) groups is 2. The van der Waals surface area contributed by atoms with E-state index in [0.29, 0.717) is 19.7 Å². The van der Waals surface area contributed by atoms with Gasteiger partial charge < -0.3 is 24.0 Å². The normalized spacial score (nSPS) is 18.0. The molecule has 2 aliphatic rings. The van der Waals surface area contributed by atoms with Gasteiger partial charge in [-0.25, -0.2) is 9.59 Å². The van der Waals surface area contributed by atoms with Gasteiger partial charge in [-0.1, -0.05) is 54.4 Å². The fourth-order valence-electron chi connectivity index (χ4n) is 6.13. The van der Waals surface area contributed by atoms with Gasteiger partial charge in [0.15, 0.2) is 0 Å². The van der Waals surface area contributed by atoms with Gasteiger partial charge >= 0.3 is 12.2 Å². The summed E-state index contributed by atoms with van der Waals surface area (Å²) >= 11 is 12.0. The smallest absolute Gasteiger partial charge is 0.410 e. The number of piperidine rings is 2. The molecule has 9 heteroatoms. The van der Waals surface area contributed by atoms with Crippen LogP contribution in [0, 0.1) is 0 Å². The molecular weight excluding hydrogens is 611 g/mol. The first kappa shape index (κ1) is 37.0. The molecule has 2 aliphatic heterocycles. The van der Waals surface area contributed by atoms with Gasteiger partial charge in [0.05, 0.1) is 6.61 Å². The van der Waals surface area contributed by atoms with Crippen molar-refractivity contribution in [3.63, 3.8) is 0 Å². The predicted molar refractivity (Wildman–Crippen MR) is 183 cm³/mol. The van der Waals surface area contributed by atoms with Crippen LogP contribution < -0.4 is 0 Å². The molecule has 0 spiro atoms. The summed E-state index contributed by atoms with van der Waals surface area (Å²) in [5.41, 5.74) is 1.71. The molecule has 0 atom stereocenters. The van der Waals surface area contributed by atoms with Crippen molar-refractivity contribution in [3.8, 4) is 0 Å². The molecule has 0 aliphatic carbocycles. The second kappa shape index (κ2) is 15.4. The molecule has 4 rings (SSSR count). The highest BCUT2D eigenvalue weighted by atomic mass is 35.5. The maximum absolute atomic E-state index is 12.2. The Kier molecular flexibility index (Phi) is 12.7. The molecule has 0 saturated carbocycles. The lowest BCUT2D eigenvalue weighted by Crippen LogP contribution is -2.48. The van der Waals surface area contributed by atoms with Crippen molar-refractivity contribution in [2.24, 2.45) is 0 Å². The lowest BCUT2D eigenvalue weighted by molar-refractivity contribution is 0.00960. The number of hydrogen-bond donors (Lipinski definition) is 0. The zero-order valence-corrected chi connectivity index (χ0v) is 29.9. The topological polar surface area (TPSA) is 68.3 Å². The first-order valence-electron chi connectivity index (χ1n) is 16.0. The van der Waals surface area contributed by atoms with Gasteiger partial charge in [0, 0.05) is 48.7 Å². The number of ether oxygens (including phenoxy) is 3. The largest absolute Gasteiger partial charge is 0.444 e. The minimum absolute atomic E-state index is 0.0716. The Balaban J connectivity index is 0.000000246. The predicted octanol–water partition coefficient (Wildman–Crippen LogP) is 9.27. The Morgan fingerprint density at radius 1 is 0.667 bits per heavy atom. The maximum Gasteiger partial charge on any atom is 0.410 e. The van der Waals surface area contributed by atoms with E-state index in [1.807, 2.05) is 70.7 Å². The van der Waals surface area contributed by atoms with Crippen molar-refractivity contribution in [1.29, 1.82) is 0 Å². The van der Waals surface area contributed by atoms with Crippen molar-refractivity contribution in [2.45, 2.75) is 103 Å². The molecule has 2 fully saturated rings. The Hall–Kier alpha value is -2.48. The molecule has 250 valence electrons. The number of carbonyl (C=O) groups excluding carboxylic acids is 2. The fraction of sp³-hybridized carbons (Fsp3) is 0.611. The van der Waals surface area contributed by atoms with E-state index in [9.17, 15) is 9.59 Å². The number of amides is 2.